The Kier molecular flexibility index (Phi) is 91.6. The molecule has 115 heavy (non-hydrogen) atoms. The maximum atomic E-state index is 12.7. The summed E-state index contributed by atoms with van der Waals surface area (Å²) in [7, 11) is 110. The van der Waals surface area contributed by atoms with Crippen LogP contribution in [0.25, 0.3) is 11.4 Å². The highest BCUT2D eigenvalue weighted by Crippen LogP contribution is 3.42. The van der Waals surface area contributed by atoms with E-state index in [-0.39, 0.29) is 238 Å². The van der Waals surface area contributed by atoms with E-state index in [1.54, 1.807) is 40.7 Å². The van der Waals surface area contributed by atoms with Gasteiger partial charge in [-0.05, 0) is 304 Å². The molecule has 11 nitrogen and oxygen atoms in total. The third-order valence-corrected chi connectivity index (χ3v) is 450. The minimum absolute atomic E-state index is 0.0135. The number of rotatable bonds is 47. The van der Waals surface area contributed by atoms with Crippen molar-refractivity contribution >= 4 is 543 Å². The van der Waals surface area contributed by atoms with E-state index in [1.807, 2.05) is 69.3 Å². The predicted molar refractivity (Wildman–Crippen MR) is 747 cm³/mol. The summed E-state index contributed by atoms with van der Waals surface area (Å²) in [5.74, 6) is 2.92. The molecule has 2 aromatic carbocycles. The first kappa shape index (κ1) is 137. The van der Waals surface area contributed by atoms with E-state index in [1.165, 1.54) is 11.1 Å². The minimum Gasteiger partial charge on any atom is -0.393 e. The molecule has 0 amide bonds. The zero-order valence-corrected chi connectivity index (χ0v) is 133. The molecule has 666 valence electrons. The van der Waals surface area contributed by atoms with Gasteiger partial charge in [0, 0.05) is 5.75 Å². The highest BCUT2D eigenvalue weighted by atomic mass is 33.5. The van der Waals surface area contributed by atoms with Crippen molar-refractivity contribution in [2.45, 2.75) is 90.6 Å². The van der Waals surface area contributed by atoms with E-state index < -0.39 is 9.84 Å². The fraction of sp³-hybridized carbons (Fsp3) is 0.514. The lowest BCUT2D eigenvalue weighted by atomic mass is 9.93. The number of sulfone groups is 1. The zero-order chi connectivity index (χ0) is 88.5. The monoisotopic (exact) mass is 2810 g/mol. The van der Waals surface area contributed by atoms with Crippen LogP contribution >= 0.6 is 533 Å². The Bertz CT molecular complexity index is 3300. The number of para-hydroxylation sites is 2. The molecule has 4 rings (SSSR count). The molecule has 2 heterocycles. The summed E-state index contributed by atoms with van der Waals surface area (Å²) >= 11 is 1.72. The first-order chi connectivity index (χ1) is 53.5. The molecule has 0 saturated carbocycles. The molecule has 0 aliphatic heterocycles. The molecule has 41 unspecified atom stereocenters. The Morgan fingerprint density at radius 3 is 1.06 bits per heavy atom. The molecule has 4 aromatic rings. The number of thioether (sulfide) groups is 1. The van der Waals surface area contributed by atoms with Gasteiger partial charge in [-0.1, -0.05) is 140 Å². The van der Waals surface area contributed by atoms with Crippen molar-refractivity contribution < 1.29 is 13.5 Å². The largest absolute Gasteiger partial charge is 0.393 e. The Balaban J connectivity index is 0.000000772. The van der Waals surface area contributed by atoms with Gasteiger partial charge >= 0.3 is 0 Å². The van der Waals surface area contributed by atoms with Crippen molar-refractivity contribution in [2.75, 3.05) is 11.5 Å². The Morgan fingerprint density at radius 1 is 0.409 bits per heavy atom. The highest BCUT2D eigenvalue weighted by Gasteiger charge is 2.54. The molecule has 47 atom stereocenters. The smallest absolute Gasteiger partial charge is 0.272 e. The van der Waals surface area contributed by atoms with Crippen molar-refractivity contribution in [1.82, 2.24) is 40.4 Å². The summed E-state index contributed by atoms with van der Waals surface area (Å²) in [6, 6.07) is 19.0. The van der Waals surface area contributed by atoms with Crippen molar-refractivity contribution in [3.05, 3.63) is 85.0 Å². The van der Waals surface area contributed by atoms with Crippen LogP contribution in [-0.2, 0) is 9.84 Å². The van der Waals surface area contributed by atoms with Crippen molar-refractivity contribution in [2.24, 2.45) is 29.6 Å². The highest BCUT2D eigenvalue weighted by molar-refractivity contribution is 9.47. The molecule has 0 fully saturated rings. The molecule has 78 heteroatoms. The summed E-state index contributed by atoms with van der Waals surface area (Å²) in [6.45, 7) is 14.1. The lowest BCUT2D eigenvalue weighted by molar-refractivity contribution is 0.133. The fourth-order valence-corrected chi connectivity index (χ4v) is 866. The van der Waals surface area contributed by atoms with E-state index in [2.05, 4.69) is 374 Å². The summed E-state index contributed by atoms with van der Waals surface area (Å²) in [5, 5.41) is 33.6. The van der Waals surface area contributed by atoms with E-state index in [0.29, 0.717) is 30.4 Å². The predicted octanol–water partition coefficient (Wildman–Crippen LogP) is 45.0. The lowest BCUT2D eigenvalue weighted by Crippen LogP contribution is -2.18. The van der Waals surface area contributed by atoms with Crippen LogP contribution in [0, 0.1) is 29.6 Å². The van der Waals surface area contributed by atoms with Crippen LogP contribution < -0.4 is 0 Å². The number of tetrazole rings is 2. The normalized spacial score (nSPS) is 16.4. The number of benzene rings is 2. The molecule has 0 aliphatic rings. The molecule has 0 radical (unpaired) electrons. The molecule has 0 aliphatic carbocycles. The minimum atomic E-state index is -3.62. The van der Waals surface area contributed by atoms with Gasteiger partial charge in [-0.25, -0.2) is 8.42 Å². The SMILES string of the molecule is CC[C@H](C)[C@@H](C)/C=C/C[C@H](C)CSc1nnnn1-c1ccccc1.CC[C@H](O)[C@@H](C)/C=C/C[C@H](C)CS(=O)(=O)c1nnnn1-c1ccccc1.PP(P)P(P)P(P(P)P)P(P(P(P)P)P(P)P)P(P(P(P)P)P(P)P)P(P(P)P)P(P)P.PPP(P(P)P)P(P(P)P)P(P(P(P)P)P(P)P)P(P(P(P)P)P(P)P)P(P(P)P)P(P)P. The van der Waals surface area contributed by atoms with Gasteiger partial charge in [-0.2, -0.15) is 9.36 Å². The second-order valence-electron chi connectivity index (χ2n) is 23.2. The first-order valence-corrected chi connectivity index (χ1v) is 152. The van der Waals surface area contributed by atoms with Gasteiger partial charge in [0.05, 0.1) is 23.2 Å². The van der Waals surface area contributed by atoms with Crippen molar-refractivity contribution in [3.63, 3.8) is 0 Å². The average Bonchev–Trinajstić information content (AvgIpc) is 1.40. The molecule has 1 N–H and O–H groups in total. The van der Waals surface area contributed by atoms with E-state index in [9.17, 15) is 13.5 Å². The van der Waals surface area contributed by atoms with E-state index in [4.69, 9.17) is 0 Å². The maximum Gasteiger partial charge on any atom is 0.272 e. The van der Waals surface area contributed by atoms with Gasteiger partial charge < -0.3 is 5.11 Å². The maximum absolute atomic E-state index is 12.7. The molecule has 0 bridgehead atoms. The topological polar surface area (TPSA) is 142 Å². The summed E-state index contributed by atoms with van der Waals surface area (Å²) in [6.07, 6.45) is 11.8. The molecule has 0 spiro atoms. The van der Waals surface area contributed by atoms with Crippen LogP contribution in [0.5, 0.6) is 0 Å². The Labute approximate surface area is 814 Å². The van der Waals surface area contributed by atoms with Gasteiger partial charge in [-0.15, -0.1) is 309 Å². The summed E-state index contributed by atoms with van der Waals surface area (Å²) < 4.78 is 28.5. The number of nitrogens with zero attached hydrogens (tertiary/aromatic N) is 8. The lowest BCUT2D eigenvalue weighted by Gasteiger charge is -2.53. The second kappa shape index (κ2) is 76.7. The average molecular weight is 2810 g/mol. The van der Waals surface area contributed by atoms with Crippen LogP contribution in [0.2, 0.25) is 0 Å². The van der Waals surface area contributed by atoms with Gasteiger partial charge in [0.1, 0.15) is 0 Å². The van der Waals surface area contributed by atoms with Crippen LogP contribution in [0.4, 0.5) is 0 Å². The quantitative estimate of drug-likeness (QED) is 0.0258. The first-order valence-electron chi connectivity index (χ1n) is 32.1. The summed E-state index contributed by atoms with van der Waals surface area (Å²) in [4.78, 5) is 0. The fourth-order valence-electron chi connectivity index (χ4n) is 8.55. The molecule has 2 aromatic heterocycles. The summed E-state index contributed by atoms with van der Waals surface area (Å²) in [5.41, 5.74) is 1.60. The molecular weight excluding hydrogens is 2680 g/mol. The van der Waals surface area contributed by atoms with Crippen LogP contribution in [0.1, 0.15) is 74.1 Å². The third-order valence-electron chi connectivity index (χ3n) is 14.1. The molecular formula is C37H123N8O3P65S2. The van der Waals surface area contributed by atoms with Crippen LogP contribution in [0.15, 0.2) is 95.3 Å². The van der Waals surface area contributed by atoms with Crippen LogP contribution in [0.3, 0.4) is 0 Å². The zero-order valence-electron chi connectivity index (χ0n) is 64.0. The number of aliphatic hydroxyl groups excluding tert-OH is 1. The van der Waals surface area contributed by atoms with E-state index in [0.717, 1.165) is 36.9 Å². The molecule has 0 saturated heterocycles. The van der Waals surface area contributed by atoms with Crippen LogP contribution in [-0.4, -0.2) is 71.5 Å². The number of aliphatic hydroxyl groups is 1. The van der Waals surface area contributed by atoms with Gasteiger partial charge in [0.25, 0.3) is 5.16 Å². The van der Waals surface area contributed by atoms with Gasteiger partial charge in [-0.3, -0.25) is 0 Å². The standard InChI is InChI=1S/C19H28N4S.C18H26N4O3S.H35P33.H34P32/c1-5-16(3)17(4)11-9-10-15(2)14-24-19-20-21-22-23(19)18-12-7-6-8-13-18;1-4-17(23)15(3)10-8-9-14(2)13-26(24,25)18-19-20-21-22(18)16-11-6-5-7-12-16;1-18-27(19(2)3)31(26(16)17)33(30(24(12)13)25(14)15)32(28(20(4)5)21(6)7)29(22(8)9)23(10)11;1-18(2)26(17)30(25(15)16)32(29(23(11)12)24(13)14)31(27(19(3)4)20(5)6)28(21(7)8)22(9)10/h6-9,11-13,15-17H,5,10,14H2,1-4H3;5-8,10-12,14-15,17,23H,4,9,13H2,1-3H3;18H,1-17H2;1-17H2/b11-9+;10-8+;;/t15-,16-,17-;14-,15-,17-;;/m00../s1. The second-order valence-corrected chi connectivity index (χ2v) is 287. The third kappa shape index (κ3) is 52.0. The van der Waals surface area contributed by atoms with Gasteiger partial charge in [0.2, 0.25) is 15.0 Å². The Hall–Kier alpha value is 24.3. The number of hydrogen-bond acceptors (Lipinski definition) is 10. The van der Waals surface area contributed by atoms with Crippen molar-refractivity contribution in [1.29, 1.82) is 0 Å². The van der Waals surface area contributed by atoms with Crippen molar-refractivity contribution in [3.8, 4) is 11.4 Å². The van der Waals surface area contributed by atoms with E-state index >= 15 is 0 Å². The Morgan fingerprint density at radius 2 is 0.730 bits per heavy atom. The number of allylic oxidation sites excluding steroid dienone is 3. The number of aromatic nitrogens is 8. The van der Waals surface area contributed by atoms with Gasteiger partial charge in [0.15, 0.2) is 0 Å². The number of hydrogen-bond donors (Lipinski definition) is 1.